The SMILES string of the molecule is COCc1cc(=O)[nH]c2cc(NC(=O)c3cc4cccc(OC)c4o3)ccc12. The molecule has 0 aliphatic rings. The van der Waals surface area contributed by atoms with Crippen LogP contribution in [0.15, 0.2) is 57.7 Å². The van der Waals surface area contributed by atoms with Crippen molar-refractivity contribution in [1.29, 1.82) is 0 Å². The Morgan fingerprint density at radius 1 is 1.14 bits per heavy atom. The van der Waals surface area contributed by atoms with E-state index < -0.39 is 5.91 Å². The molecule has 0 aliphatic carbocycles. The van der Waals surface area contributed by atoms with E-state index in [0.717, 1.165) is 16.3 Å². The van der Waals surface area contributed by atoms with Crippen molar-refractivity contribution in [2.45, 2.75) is 6.61 Å². The van der Waals surface area contributed by atoms with E-state index in [0.29, 0.717) is 29.1 Å². The molecule has 7 heteroatoms. The second-order valence-corrected chi connectivity index (χ2v) is 6.30. The van der Waals surface area contributed by atoms with Gasteiger partial charge in [0.25, 0.3) is 5.91 Å². The van der Waals surface area contributed by atoms with Gasteiger partial charge in [-0.2, -0.15) is 0 Å². The number of aromatic nitrogens is 1. The smallest absolute Gasteiger partial charge is 0.291 e. The Kier molecular flexibility index (Phi) is 4.58. The molecule has 0 unspecified atom stereocenters. The summed E-state index contributed by atoms with van der Waals surface area (Å²) in [6.45, 7) is 0.326. The van der Waals surface area contributed by atoms with E-state index in [1.807, 2.05) is 18.2 Å². The molecule has 0 saturated heterocycles. The molecule has 2 heterocycles. The van der Waals surface area contributed by atoms with Crippen LogP contribution in [0.2, 0.25) is 0 Å². The molecule has 2 N–H and O–H groups in total. The summed E-state index contributed by atoms with van der Waals surface area (Å²) < 4.78 is 16.1. The van der Waals surface area contributed by atoms with E-state index in [-0.39, 0.29) is 11.3 Å². The Morgan fingerprint density at radius 2 is 2.00 bits per heavy atom. The summed E-state index contributed by atoms with van der Waals surface area (Å²) >= 11 is 0. The highest BCUT2D eigenvalue weighted by Gasteiger charge is 2.15. The number of carbonyl (C=O) groups is 1. The molecule has 0 radical (unpaired) electrons. The van der Waals surface area contributed by atoms with Crippen molar-refractivity contribution >= 4 is 33.5 Å². The van der Waals surface area contributed by atoms with Crippen LogP contribution in [0.5, 0.6) is 5.75 Å². The minimum atomic E-state index is -0.395. The number of hydrogen-bond donors (Lipinski definition) is 2. The molecule has 0 spiro atoms. The van der Waals surface area contributed by atoms with Gasteiger partial charge in [-0.15, -0.1) is 0 Å². The lowest BCUT2D eigenvalue weighted by atomic mass is 10.1. The predicted molar refractivity (Wildman–Crippen MR) is 106 cm³/mol. The number of pyridine rings is 1. The van der Waals surface area contributed by atoms with Gasteiger partial charge in [-0.25, -0.2) is 0 Å². The maximum absolute atomic E-state index is 12.6. The molecule has 4 aromatic rings. The van der Waals surface area contributed by atoms with Crippen LogP contribution in [0.25, 0.3) is 21.9 Å². The summed E-state index contributed by atoms with van der Waals surface area (Å²) in [6, 6.07) is 13.9. The summed E-state index contributed by atoms with van der Waals surface area (Å²) in [6.07, 6.45) is 0. The molecule has 0 fully saturated rings. The topological polar surface area (TPSA) is 93.6 Å². The first-order chi connectivity index (χ1) is 13.6. The van der Waals surface area contributed by atoms with Gasteiger partial charge in [-0.1, -0.05) is 18.2 Å². The lowest BCUT2D eigenvalue weighted by Crippen LogP contribution is -2.12. The number of aromatic amines is 1. The van der Waals surface area contributed by atoms with E-state index >= 15 is 0 Å². The number of fused-ring (bicyclic) bond motifs is 2. The summed E-state index contributed by atoms with van der Waals surface area (Å²) in [5.41, 5.74) is 2.22. The van der Waals surface area contributed by atoms with Crippen molar-refractivity contribution in [2.75, 3.05) is 19.5 Å². The number of rotatable bonds is 5. The number of nitrogens with one attached hydrogen (secondary N) is 2. The average molecular weight is 378 g/mol. The minimum Gasteiger partial charge on any atom is -0.493 e. The van der Waals surface area contributed by atoms with Crippen molar-refractivity contribution in [3.8, 4) is 5.75 Å². The third kappa shape index (κ3) is 3.23. The zero-order chi connectivity index (χ0) is 19.7. The number of furan rings is 1. The lowest BCUT2D eigenvalue weighted by Gasteiger charge is -2.08. The van der Waals surface area contributed by atoms with Crippen LogP contribution >= 0.6 is 0 Å². The average Bonchev–Trinajstić information content (AvgIpc) is 3.12. The Morgan fingerprint density at radius 3 is 2.79 bits per heavy atom. The maximum atomic E-state index is 12.6. The number of ether oxygens (including phenoxy) is 2. The van der Waals surface area contributed by atoms with Crippen molar-refractivity contribution in [1.82, 2.24) is 4.98 Å². The molecule has 0 aliphatic heterocycles. The van der Waals surface area contributed by atoms with E-state index in [9.17, 15) is 9.59 Å². The molecular weight excluding hydrogens is 360 g/mol. The lowest BCUT2D eigenvalue weighted by molar-refractivity contribution is 0.0998. The number of hydrogen-bond acceptors (Lipinski definition) is 5. The van der Waals surface area contributed by atoms with E-state index in [1.54, 1.807) is 38.5 Å². The van der Waals surface area contributed by atoms with E-state index in [4.69, 9.17) is 13.9 Å². The van der Waals surface area contributed by atoms with Crippen LogP contribution < -0.4 is 15.6 Å². The molecule has 0 saturated carbocycles. The molecule has 0 bridgehead atoms. The molecule has 0 atom stereocenters. The Labute approximate surface area is 159 Å². The van der Waals surface area contributed by atoms with Gasteiger partial charge < -0.3 is 24.2 Å². The number of carbonyl (C=O) groups excluding carboxylic acids is 1. The highest BCUT2D eigenvalue weighted by atomic mass is 16.5. The van der Waals surface area contributed by atoms with Gasteiger partial charge in [0.1, 0.15) is 0 Å². The number of benzene rings is 2. The standard InChI is InChI=1S/C21H18N2O5/c1-26-11-13-9-19(24)23-16-10-14(6-7-15(13)16)22-21(25)18-8-12-4-3-5-17(27-2)20(12)28-18/h3-10H,11H2,1-2H3,(H,22,25)(H,23,24). The predicted octanol–water partition coefficient (Wildman–Crippen LogP) is 3.68. The van der Waals surface area contributed by atoms with Gasteiger partial charge in [0.05, 0.1) is 19.2 Å². The highest BCUT2D eigenvalue weighted by Crippen LogP contribution is 2.29. The van der Waals surface area contributed by atoms with Crippen LogP contribution in [-0.4, -0.2) is 25.1 Å². The first kappa shape index (κ1) is 17.8. The summed E-state index contributed by atoms with van der Waals surface area (Å²) in [5, 5.41) is 4.42. The zero-order valence-electron chi connectivity index (χ0n) is 15.4. The number of para-hydroxylation sites is 1. The van der Waals surface area contributed by atoms with Gasteiger partial charge in [0.2, 0.25) is 5.56 Å². The molecule has 7 nitrogen and oxygen atoms in total. The largest absolute Gasteiger partial charge is 0.493 e. The van der Waals surface area contributed by atoms with Crippen molar-refractivity contribution < 1.29 is 18.7 Å². The quantitative estimate of drug-likeness (QED) is 0.552. The van der Waals surface area contributed by atoms with Gasteiger partial charge in [-0.05, 0) is 29.8 Å². The van der Waals surface area contributed by atoms with E-state index in [1.165, 1.54) is 6.07 Å². The summed E-state index contributed by atoms with van der Waals surface area (Å²) in [5.74, 6) is 0.333. The summed E-state index contributed by atoms with van der Waals surface area (Å²) in [4.78, 5) is 27.3. The monoisotopic (exact) mass is 378 g/mol. The van der Waals surface area contributed by atoms with Crippen LogP contribution in [0.4, 0.5) is 5.69 Å². The van der Waals surface area contributed by atoms with Crippen LogP contribution in [-0.2, 0) is 11.3 Å². The van der Waals surface area contributed by atoms with Crippen LogP contribution in [0.1, 0.15) is 16.1 Å². The van der Waals surface area contributed by atoms with Gasteiger partial charge in [0, 0.05) is 29.6 Å². The first-order valence-electron chi connectivity index (χ1n) is 8.62. The normalized spacial score (nSPS) is 11.1. The van der Waals surface area contributed by atoms with Gasteiger partial charge in [0.15, 0.2) is 17.1 Å². The van der Waals surface area contributed by atoms with Crippen LogP contribution in [0, 0.1) is 0 Å². The summed E-state index contributed by atoms with van der Waals surface area (Å²) in [7, 11) is 3.12. The van der Waals surface area contributed by atoms with Crippen molar-refractivity contribution in [2.24, 2.45) is 0 Å². The van der Waals surface area contributed by atoms with Crippen molar-refractivity contribution in [3.63, 3.8) is 0 Å². The fourth-order valence-electron chi connectivity index (χ4n) is 3.19. The fourth-order valence-corrected chi connectivity index (χ4v) is 3.19. The van der Waals surface area contributed by atoms with Gasteiger partial charge in [-0.3, -0.25) is 9.59 Å². The van der Waals surface area contributed by atoms with Gasteiger partial charge >= 0.3 is 0 Å². The first-order valence-corrected chi connectivity index (χ1v) is 8.62. The number of amides is 1. The fraction of sp³-hybridized carbons (Fsp3) is 0.143. The highest BCUT2D eigenvalue weighted by molar-refractivity contribution is 6.05. The molecule has 28 heavy (non-hydrogen) atoms. The maximum Gasteiger partial charge on any atom is 0.291 e. The number of anilines is 1. The van der Waals surface area contributed by atoms with E-state index in [2.05, 4.69) is 10.3 Å². The van der Waals surface area contributed by atoms with Crippen LogP contribution in [0.3, 0.4) is 0 Å². The second kappa shape index (κ2) is 7.21. The molecule has 4 rings (SSSR count). The third-order valence-electron chi connectivity index (χ3n) is 4.44. The molecular formula is C21H18N2O5. The second-order valence-electron chi connectivity index (χ2n) is 6.30. The molecule has 2 aromatic heterocycles. The molecule has 1 amide bonds. The van der Waals surface area contributed by atoms with Crippen molar-refractivity contribution in [3.05, 3.63) is 70.2 Å². The number of H-pyrrole nitrogens is 1. The Balaban J connectivity index is 1.66. The Hall–Kier alpha value is -3.58. The Bertz CT molecular complexity index is 1240. The molecule has 142 valence electrons. The molecule has 2 aromatic carbocycles. The number of methoxy groups -OCH3 is 2. The zero-order valence-corrected chi connectivity index (χ0v) is 15.4. The third-order valence-corrected chi connectivity index (χ3v) is 4.44. The minimum absolute atomic E-state index is 0.168.